The van der Waals surface area contributed by atoms with E-state index in [0.717, 1.165) is 49.5 Å². The van der Waals surface area contributed by atoms with Crippen molar-refractivity contribution in [3.63, 3.8) is 0 Å². The fraction of sp³-hybridized carbons (Fsp3) is 0.417. The van der Waals surface area contributed by atoms with Crippen LogP contribution in [-0.4, -0.2) is 22.2 Å². The number of hydrogen-bond donors (Lipinski definition) is 2. The van der Waals surface area contributed by atoms with Crippen LogP contribution in [0.3, 0.4) is 0 Å². The Morgan fingerprint density at radius 2 is 2.35 bits per heavy atom. The fourth-order valence-corrected chi connectivity index (χ4v) is 2.25. The van der Waals surface area contributed by atoms with Crippen LogP contribution in [-0.2, 0) is 13.1 Å². The molecule has 0 radical (unpaired) electrons. The molecule has 3 heterocycles. The largest absolute Gasteiger partial charge is 0.404 e. The first-order valence-electron chi connectivity index (χ1n) is 5.90. The molecule has 0 amide bonds. The topological polar surface area (TPSA) is 76.2 Å². The van der Waals surface area contributed by atoms with Gasteiger partial charge in [0, 0.05) is 43.3 Å². The Morgan fingerprint density at radius 3 is 3.12 bits per heavy atom. The lowest BCUT2D eigenvalue weighted by Crippen LogP contribution is -2.07. The lowest BCUT2D eigenvalue weighted by Gasteiger charge is -2.06. The zero-order valence-corrected chi connectivity index (χ0v) is 9.61. The molecule has 0 fully saturated rings. The van der Waals surface area contributed by atoms with Gasteiger partial charge in [0.1, 0.15) is 0 Å². The Labute approximate surface area is 99.9 Å². The molecule has 0 atom stereocenters. The first-order chi connectivity index (χ1) is 8.38. The van der Waals surface area contributed by atoms with Crippen LogP contribution in [0.5, 0.6) is 0 Å². The number of aliphatic imine (C=N–C) groups is 1. The summed E-state index contributed by atoms with van der Waals surface area (Å²) in [6, 6.07) is 0. The van der Waals surface area contributed by atoms with Crippen LogP contribution >= 0.6 is 0 Å². The van der Waals surface area contributed by atoms with Gasteiger partial charge < -0.3 is 11.1 Å². The Balaban J connectivity index is 1.97. The van der Waals surface area contributed by atoms with E-state index in [1.165, 1.54) is 5.56 Å². The van der Waals surface area contributed by atoms with E-state index in [4.69, 9.17) is 5.73 Å². The minimum atomic E-state index is 0.704. The second-order valence-electron chi connectivity index (χ2n) is 4.28. The quantitative estimate of drug-likeness (QED) is 0.779. The van der Waals surface area contributed by atoms with Gasteiger partial charge in [-0.2, -0.15) is 0 Å². The predicted molar refractivity (Wildman–Crippen MR) is 66.3 cm³/mol. The molecule has 1 aromatic rings. The highest BCUT2D eigenvalue weighted by atomic mass is 15.0. The van der Waals surface area contributed by atoms with Gasteiger partial charge in [0.2, 0.25) is 0 Å². The Hall–Kier alpha value is -1.75. The standard InChI is InChI=1S/C12H15N5/c13-4-9(10-2-1-3-15-10)12-16-6-8-5-14-7-11(8)17-12/h4,6,14H,1-3,5,7,13H2. The van der Waals surface area contributed by atoms with E-state index >= 15 is 0 Å². The number of nitrogens with zero attached hydrogens (tertiary/aromatic N) is 3. The maximum absolute atomic E-state index is 5.69. The molecule has 2 aliphatic rings. The highest BCUT2D eigenvalue weighted by molar-refractivity contribution is 6.23. The molecule has 0 spiro atoms. The molecule has 0 aliphatic carbocycles. The maximum atomic E-state index is 5.69. The van der Waals surface area contributed by atoms with Gasteiger partial charge in [-0.1, -0.05) is 0 Å². The lowest BCUT2D eigenvalue weighted by atomic mass is 10.1. The molecule has 5 heteroatoms. The summed E-state index contributed by atoms with van der Waals surface area (Å²) in [5.74, 6) is 0.704. The molecule has 3 N–H and O–H groups in total. The second-order valence-corrected chi connectivity index (χ2v) is 4.28. The van der Waals surface area contributed by atoms with Crippen molar-refractivity contribution in [2.45, 2.75) is 25.9 Å². The normalized spacial score (nSPS) is 19.3. The molecule has 0 unspecified atom stereocenters. The summed E-state index contributed by atoms with van der Waals surface area (Å²) < 4.78 is 0. The molecule has 1 aromatic heterocycles. The number of hydrogen-bond acceptors (Lipinski definition) is 5. The average molecular weight is 229 g/mol. The third-order valence-corrected chi connectivity index (χ3v) is 3.15. The van der Waals surface area contributed by atoms with E-state index in [2.05, 4.69) is 20.3 Å². The molecule has 3 rings (SSSR count). The van der Waals surface area contributed by atoms with Gasteiger partial charge in [0.25, 0.3) is 0 Å². The van der Waals surface area contributed by atoms with E-state index in [0.29, 0.717) is 5.82 Å². The van der Waals surface area contributed by atoms with Crippen molar-refractivity contribution >= 4 is 11.3 Å². The Morgan fingerprint density at radius 1 is 1.41 bits per heavy atom. The van der Waals surface area contributed by atoms with Crippen molar-refractivity contribution in [1.29, 1.82) is 0 Å². The lowest BCUT2D eigenvalue weighted by molar-refractivity contribution is 0.757. The molecule has 0 aromatic carbocycles. The van der Waals surface area contributed by atoms with E-state index in [1.807, 2.05) is 6.20 Å². The maximum Gasteiger partial charge on any atom is 0.162 e. The predicted octanol–water partition coefficient (Wildman–Crippen LogP) is 0.614. The summed E-state index contributed by atoms with van der Waals surface area (Å²) in [5.41, 5.74) is 9.87. The molecule has 2 aliphatic heterocycles. The Bertz CT molecular complexity index is 504. The van der Waals surface area contributed by atoms with Crippen LogP contribution in [0.15, 0.2) is 17.4 Å². The van der Waals surface area contributed by atoms with Gasteiger partial charge >= 0.3 is 0 Å². The summed E-state index contributed by atoms with van der Waals surface area (Å²) in [4.78, 5) is 13.4. The molecule has 5 nitrogen and oxygen atoms in total. The smallest absolute Gasteiger partial charge is 0.162 e. The van der Waals surface area contributed by atoms with E-state index in [1.54, 1.807) is 6.20 Å². The van der Waals surface area contributed by atoms with Crippen LogP contribution in [0.2, 0.25) is 0 Å². The van der Waals surface area contributed by atoms with Crippen LogP contribution in [0.1, 0.15) is 29.9 Å². The van der Waals surface area contributed by atoms with Crippen molar-refractivity contribution in [2.75, 3.05) is 6.54 Å². The van der Waals surface area contributed by atoms with Crippen LogP contribution in [0.25, 0.3) is 5.57 Å². The molecule has 0 bridgehead atoms. The summed E-state index contributed by atoms with van der Waals surface area (Å²) in [7, 11) is 0. The number of aromatic nitrogens is 2. The van der Waals surface area contributed by atoms with E-state index in [9.17, 15) is 0 Å². The number of rotatable bonds is 2. The Kier molecular flexibility index (Phi) is 2.60. The van der Waals surface area contributed by atoms with Crippen molar-refractivity contribution in [3.05, 3.63) is 29.5 Å². The first kappa shape index (κ1) is 10.4. The molecule has 17 heavy (non-hydrogen) atoms. The monoisotopic (exact) mass is 229 g/mol. The molecule has 0 saturated heterocycles. The minimum absolute atomic E-state index is 0.704. The van der Waals surface area contributed by atoms with Gasteiger partial charge in [0.15, 0.2) is 5.82 Å². The van der Waals surface area contributed by atoms with Crippen molar-refractivity contribution in [2.24, 2.45) is 10.7 Å². The number of nitrogens with one attached hydrogen (secondary N) is 1. The van der Waals surface area contributed by atoms with Gasteiger partial charge in [-0.25, -0.2) is 9.97 Å². The number of fused-ring (bicyclic) bond motifs is 1. The van der Waals surface area contributed by atoms with E-state index < -0.39 is 0 Å². The van der Waals surface area contributed by atoms with Crippen LogP contribution in [0, 0.1) is 0 Å². The van der Waals surface area contributed by atoms with Crippen molar-refractivity contribution in [1.82, 2.24) is 15.3 Å². The summed E-state index contributed by atoms with van der Waals surface area (Å²) in [6.07, 6.45) is 5.53. The van der Waals surface area contributed by atoms with Crippen molar-refractivity contribution < 1.29 is 0 Å². The molecule has 0 saturated carbocycles. The van der Waals surface area contributed by atoms with Crippen LogP contribution < -0.4 is 11.1 Å². The van der Waals surface area contributed by atoms with Crippen LogP contribution in [0.4, 0.5) is 0 Å². The van der Waals surface area contributed by atoms with Gasteiger partial charge in [-0.15, -0.1) is 0 Å². The summed E-state index contributed by atoms with van der Waals surface area (Å²) >= 11 is 0. The number of allylic oxidation sites excluding steroid dienone is 1. The zero-order chi connectivity index (χ0) is 11.7. The molecule has 88 valence electrons. The highest BCUT2D eigenvalue weighted by Gasteiger charge is 2.18. The second kappa shape index (κ2) is 4.25. The molecular weight excluding hydrogens is 214 g/mol. The van der Waals surface area contributed by atoms with Crippen molar-refractivity contribution in [3.8, 4) is 0 Å². The highest BCUT2D eigenvalue weighted by Crippen LogP contribution is 2.20. The van der Waals surface area contributed by atoms with Gasteiger partial charge in [-0.05, 0) is 12.8 Å². The van der Waals surface area contributed by atoms with Gasteiger partial charge in [-0.3, -0.25) is 4.99 Å². The average Bonchev–Trinajstić information content (AvgIpc) is 2.99. The SMILES string of the molecule is NC=C(C1=NCCC1)c1ncc2c(n1)CNC2. The minimum Gasteiger partial charge on any atom is -0.404 e. The zero-order valence-electron chi connectivity index (χ0n) is 9.61. The third kappa shape index (κ3) is 1.82. The number of nitrogens with two attached hydrogens (primary N) is 1. The molecular formula is C12H15N5. The third-order valence-electron chi connectivity index (χ3n) is 3.15. The van der Waals surface area contributed by atoms with E-state index in [-0.39, 0.29) is 0 Å². The first-order valence-corrected chi connectivity index (χ1v) is 5.90. The summed E-state index contributed by atoms with van der Waals surface area (Å²) in [6.45, 7) is 2.56. The van der Waals surface area contributed by atoms with Gasteiger partial charge in [0.05, 0.1) is 11.3 Å². The summed E-state index contributed by atoms with van der Waals surface area (Å²) in [5, 5.41) is 3.26. The fourth-order valence-electron chi connectivity index (χ4n) is 2.25.